The van der Waals surface area contributed by atoms with Crippen LogP contribution in [0, 0.1) is 6.92 Å². The van der Waals surface area contributed by atoms with E-state index in [9.17, 15) is 8.42 Å². The van der Waals surface area contributed by atoms with Gasteiger partial charge in [0.25, 0.3) is 0 Å². The molecule has 1 aromatic heterocycles. The van der Waals surface area contributed by atoms with E-state index in [4.69, 9.17) is 14.9 Å². The summed E-state index contributed by atoms with van der Waals surface area (Å²) in [6.45, 7) is 2.89. The van der Waals surface area contributed by atoms with Crippen LogP contribution in [0.15, 0.2) is 15.4 Å². The number of ether oxygens (including phenoxy) is 1. The van der Waals surface area contributed by atoms with E-state index in [1.54, 1.807) is 14.0 Å². The molecular formula is C12H20N2O4S. The van der Waals surface area contributed by atoms with E-state index in [0.29, 0.717) is 24.7 Å². The van der Waals surface area contributed by atoms with Gasteiger partial charge in [-0.1, -0.05) is 0 Å². The molecule has 1 aliphatic rings. The zero-order valence-corrected chi connectivity index (χ0v) is 12.1. The van der Waals surface area contributed by atoms with Gasteiger partial charge in [0.05, 0.1) is 12.6 Å². The van der Waals surface area contributed by atoms with Gasteiger partial charge in [0.2, 0.25) is 10.0 Å². The van der Waals surface area contributed by atoms with Gasteiger partial charge in [-0.2, -0.15) is 4.31 Å². The van der Waals surface area contributed by atoms with Crippen molar-refractivity contribution in [2.75, 3.05) is 20.2 Å². The van der Waals surface area contributed by atoms with Crippen LogP contribution in [0.4, 0.5) is 0 Å². The Bertz CT molecular complexity index is 532. The molecule has 2 heterocycles. The van der Waals surface area contributed by atoms with Gasteiger partial charge >= 0.3 is 0 Å². The van der Waals surface area contributed by atoms with E-state index in [0.717, 1.165) is 12.8 Å². The lowest BCUT2D eigenvalue weighted by Gasteiger charge is -2.19. The van der Waals surface area contributed by atoms with E-state index in [1.165, 1.54) is 10.4 Å². The lowest BCUT2D eigenvalue weighted by atomic mass is 10.2. The molecule has 2 N–H and O–H groups in total. The molecule has 108 valence electrons. The number of nitrogens with zero attached hydrogens (tertiary/aromatic N) is 1. The van der Waals surface area contributed by atoms with Gasteiger partial charge in [0.1, 0.15) is 16.4 Å². The van der Waals surface area contributed by atoms with Crippen LogP contribution in [-0.4, -0.2) is 39.0 Å². The van der Waals surface area contributed by atoms with Crippen LogP contribution in [0.2, 0.25) is 0 Å². The van der Waals surface area contributed by atoms with Crippen molar-refractivity contribution in [2.24, 2.45) is 5.73 Å². The zero-order chi connectivity index (χ0) is 14.0. The van der Waals surface area contributed by atoms with Crippen molar-refractivity contribution in [3.63, 3.8) is 0 Å². The molecule has 0 spiro atoms. The molecule has 7 heteroatoms. The van der Waals surface area contributed by atoms with Gasteiger partial charge in [-0.25, -0.2) is 8.42 Å². The second-order valence-corrected chi connectivity index (χ2v) is 6.77. The predicted molar refractivity (Wildman–Crippen MR) is 70.1 cm³/mol. The Balaban J connectivity index is 2.17. The number of rotatable bonds is 5. The molecule has 1 saturated heterocycles. The van der Waals surface area contributed by atoms with E-state index in [1.807, 2.05) is 0 Å². The third kappa shape index (κ3) is 3.00. The topological polar surface area (TPSA) is 85.8 Å². The van der Waals surface area contributed by atoms with Crippen LogP contribution in [0.3, 0.4) is 0 Å². The van der Waals surface area contributed by atoms with Crippen molar-refractivity contribution in [3.05, 3.63) is 17.6 Å². The highest BCUT2D eigenvalue weighted by Gasteiger charge is 2.29. The fraction of sp³-hybridized carbons (Fsp3) is 0.667. The maximum atomic E-state index is 12.4. The smallest absolute Gasteiger partial charge is 0.246 e. The largest absolute Gasteiger partial charge is 0.464 e. The highest BCUT2D eigenvalue weighted by atomic mass is 32.2. The third-order valence-electron chi connectivity index (χ3n) is 3.30. The first-order chi connectivity index (χ1) is 8.95. The van der Waals surface area contributed by atoms with Gasteiger partial charge in [0, 0.05) is 26.3 Å². The Morgan fingerprint density at radius 2 is 2.26 bits per heavy atom. The second-order valence-electron chi connectivity index (χ2n) is 4.76. The summed E-state index contributed by atoms with van der Waals surface area (Å²) < 4.78 is 37.0. The Kier molecular flexibility index (Phi) is 4.29. The zero-order valence-electron chi connectivity index (χ0n) is 11.3. The maximum absolute atomic E-state index is 12.4. The Labute approximate surface area is 113 Å². The Morgan fingerprint density at radius 3 is 2.79 bits per heavy atom. The average molecular weight is 288 g/mol. The first kappa shape index (κ1) is 14.5. The molecule has 0 amide bonds. The molecule has 0 aromatic carbocycles. The van der Waals surface area contributed by atoms with Crippen molar-refractivity contribution in [3.8, 4) is 0 Å². The van der Waals surface area contributed by atoms with Crippen LogP contribution in [-0.2, 0) is 21.3 Å². The first-order valence-electron chi connectivity index (χ1n) is 6.32. The summed E-state index contributed by atoms with van der Waals surface area (Å²) in [7, 11) is -1.98. The molecule has 1 aromatic rings. The molecule has 2 rings (SSSR count). The number of hydrogen-bond acceptors (Lipinski definition) is 5. The van der Waals surface area contributed by atoms with Gasteiger partial charge in [-0.3, -0.25) is 0 Å². The van der Waals surface area contributed by atoms with Crippen molar-refractivity contribution in [1.82, 2.24) is 4.31 Å². The van der Waals surface area contributed by atoms with Crippen molar-refractivity contribution < 1.29 is 17.6 Å². The van der Waals surface area contributed by atoms with Crippen molar-refractivity contribution in [2.45, 2.75) is 37.3 Å². The molecule has 6 nitrogen and oxygen atoms in total. The molecule has 0 aliphatic carbocycles. The van der Waals surface area contributed by atoms with Crippen molar-refractivity contribution in [1.29, 1.82) is 0 Å². The number of hydrogen-bond donors (Lipinski definition) is 1. The fourth-order valence-electron chi connectivity index (χ4n) is 2.22. The van der Waals surface area contributed by atoms with Crippen LogP contribution in [0.25, 0.3) is 0 Å². The minimum atomic E-state index is -3.54. The molecule has 0 bridgehead atoms. The highest BCUT2D eigenvalue weighted by Crippen LogP contribution is 2.24. The third-order valence-corrected chi connectivity index (χ3v) is 5.23. The van der Waals surface area contributed by atoms with E-state index in [-0.39, 0.29) is 17.5 Å². The highest BCUT2D eigenvalue weighted by molar-refractivity contribution is 7.89. The number of furan rings is 1. The molecule has 1 aliphatic heterocycles. The summed E-state index contributed by atoms with van der Waals surface area (Å²) in [6.07, 6.45) is 1.87. The van der Waals surface area contributed by atoms with E-state index < -0.39 is 10.0 Å². The molecular weight excluding hydrogens is 268 g/mol. The predicted octanol–water partition coefficient (Wildman–Crippen LogP) is 0.846. The Hall–Kier alpha value is -0.890. The molecule has 1 fully saturated rings. The summed E-state index contributed by atoms with van der Waals surface area (Å²) in [6, 6.07) is 1.50. The number of sulfonamides is 1. The number of nitrogens with two attached hydrogens (primary N) is 1. The molecule has 0 radical (unpaired) electrons. The molecule has 1 unspecified atom stereocenters. The van der Waals surface area contributed by atoms with Crippen LogP contribution >= 0.6 is 0 Å². The van der Waals surface area contributed by atoms with Crippen LogP contribution < -0.4 is 5.73 Å². The van der Waals surface area contributed by atoms with Crippen LogP contribution in [0.5, 0.6) is 0 Å². The Morgan fingerprint density at radius 1 is 1.53 bits per heavy atom. The normalized spacial score (nSPS) is 20.3. The number of likely N-dealkylation sites (N-methyl/N-ethyl adjacent to an activating group) is 1. The standard InChI is InChI=1S/C12H20N2O4S/c1-9-12(6-11(7-13)18-9)19(15,16)14(2)8-10-4-3-5-17-10/h6,10H,3-5,7-8,13H2,1-2H3. The summed E-state index contributed by atoms with van der Waals surface area (Å²) in [5.74, 6) is 0.848. The average Bonchev–Trinajstić information content (AvgIpc) is 2.98. The minimum absolute atomic E-state index is 0.0130. The lowest BCUT2D eigenvalue weighted by Crippen LogP contribution is -2.34. The van der Waals surface area contributed by atoms with Gasteiger partial charge in [-0.15, -0.1) is 0 Å². The second kappa shape index (κ2) is 5.62. The quantitative estimate of drug-likeness (QED) is 0.868. The maximum Gasteiger partial charge on any atom is 0.246 e. The minimum Gasteiger partial charge on any atom is -0.464 e. The van der Waals surface area contributed by atoms with Gasteiger partial charge < -0.3 is 14.9 Å². The number of aryl methyl sites for hydroxylation is 1. The first-order valence-corrected chi connectivity index (χ1v) is 7.76. The summed E-state index contributed by atoms with van der Waals surface area (Å²) in [5.41, 5.74) is 5.46. The summed E-state index contributed by atoms with van der Waals surface area (Å²) in [4.78, 5) is 0.188. The van der Waals surface area contributed by atoms with E-state index in [2.05, 4.69) is 0 Å². The molecule has 0 saturated carbocycles. The van der Waals surface area contributed by atoms with Crippen LogP contribution in [0.1, 0.15) is 24.4 Å². The van der Waals surface area contributed by atoms with E-state index >= 15 is 0 Å². The molecule has 19 heavy (non-hydrogen) atoms. The fourth-order valence-corrected chi connectivity index (χ4v) is 3.61. The van der Waals surface area contributed by atoms with Gasteiger partial charge in [-0.05, 0) is 19.8 Å². The van der Waals surface area contributed by atoms with Gasteiger partial charge in [0.15, 0.2) is 0 Å². The SMILES string of the molecule is Cc1oc(CN)cc1S(=O)(=O)N(C)CC1CCCO1. The summed E-state index contributed by atoms with van der Waals surface area (Å²) >= 11 is 0. The summed E-state index contributed by atoms with van der Waals surface area (Å²) in [5, 5.41) is 0. The monoisotopic (exact) mass is 288 g/mol. The molecule has 1 atom stereocenters. The lowest BCUT2D eigenvalue weighted by molar-refractivity contribution is 0.0978. The van der Waals surface area contributed by atoms with Crippen molar-refractivity contribution >= 4 is 10.0 Å².